The largest absolute Gasteiger partial charge is 0.353 e. The Bertz CT molecular complexity index is 368. The lowest BCUT2D eigenvalue weighted by Gasteiger charge is -2.13. The summed E-state index contributed by atoms with van der Waals surface area (Å²) in [6.07, 6.45) is 1.97. The predicted molar refractivity (Wildman–Crippen MR) is 66.0 cm³/mol. The van der Waals surface area contributed by atoms with E-state index in [2.05, 4.69) is 5.32 Å². The van der Waals surface area contributed by atoms with Crippen molar-refractivity contribution in [2.24, 2.45) is 5.73 Å². The zero-order valence-electron chi connectivity index (χ0n) is 10.1. The van der Waals surface area contributed by atoms with Crippen LogP contribution in [0.3, 0.4) is 0 Å². The van der Waals surface area contributed by atoms with E-state index in [0.29, 0.717) is 12.1 Å². The molecule has 1 aromatic carbocycles. The van der Waals surface area contributed by atoms with Gasteiger partial charge >= 0.3 is 0 Å². The van der Waals surface area contributed by atoms with Crippen molar-refractivity contribution in [3.05, 3.63) is 35.6 Å². The van der Waals surface area contributed by atoms with Gasteiger partial charge < -0.3 is 11.1 Å². The van der Waals surface area contributed by atoms with Gasteiger partial charge in [0.05, 0.1) is 6.42 Å². The first-order valence-corrected chi connectivity index (χ1v) is 5.85. The molecule has 0 heterocycles. The van der Waals surface area contributed by atoms with Crippen molar-refractivity contribution in [3.8, 4) is 0 Å². The highest BCUT2D eigenvalue weighted by Gasteiger charge is 2.08. The molecule has 0 bridgehead atoms. The van der Waals surface area contributed by atoms with Gasteiger partial charge in [0.15, 0.2) is 0 Å². The van der Waals surface area contributed by atoms with E-state index in [1.54, 1.807) is 12.1 Å². The zero-order valence-corrected chi connectivity index (χ0v) is 10.1. The van der Waals surface area contributed by atoms with Gasteiger partial charge in [0.2, 0.25) is 5.91 Å². The third-order valence-electron chi connectivity index (χ3n) is 2.50. The van der Waals surface area contributed by atoms with E-state index in [1.165, 1.54) is 12.1 Å². The molecular weight excluding hydrogens is 219 g/mol. The molecule has 0 aliphatic heterocycles. The SMILES string of the molecule is CC(CCCN)NC(=O)Cc1cccc(F)c1. The van der Waals surface area contributed by atoms with Gasteiger partial charge in [-0.1, -0.05) is 12.1 Å². The monoisotopic (exact) mass is 238 g/mol. The molecule has 0 saturated heterocycles. The van der Waals surface area contributed by atoms with Crippen LogP contribution in [0, 0.1) is 5.82 Å². The van der Waals surface area contributed by atoms with Crippen LogP contribution in [0.5, 0.6) is 0 Å². The topological polar surface area (TPSA) is 55.1 Å². The van der Waals surface area contributed by atoms with Crippen LogP contribution in [0.25, 0.3) is 0 Å². The summed E-state index contributed by atoms with van der Waals surface area (Å²) in [6.45, 7) is 2.57. The zero-order chi connectivity index (χ0) is 12.7. The highest BCUT2D eigenvalue weighted by Crippen LogP contribution is 2.04. The molecule has 0 saturated carbocycles. The molecule has 0 fully saturated rings. The summed E-state index contributed by atoms with van der Waals surface area (Å²) in [6, 6.07) is 6.21. The number of rotatable bonds is 6. The Morgan fingerprint density at radius 3 is 2.94 bits per heavy atom. The summed E-state index contributed by atoms with van der Waals surface area (Å²) in [5.41, 5.74) is 6.08. The van der Waals surface area contributed by atoms with E-state index >= 15 is 0 Å². The number of carbonyl (C=O) groups excluding carboxylic acids is 1. The summed E-state index contributed by atoms with van der Waals surface area (Å²) in [7, 11) is 0. The van der Waals surface area contributed by atoms with Crippen molar-refractivity contribution in [2.75, 3.05) is 6.54 Å². The van der Waals surface area contributed by atoms with Crippen molar-refractivity contribution in [3.63, 3.8) is 0 Å². The summed E-state index contributed by atoms with van der Waals surface area (Å²) >= 11 is 0. The molecule has 1 rings (SSSR count). The lowest BCUT2D eigenvalue weighted by atomic mass is 10.1. The van der Waals surface area contributed by atoms with Crippen LogP contribution in [0.1, 0.15) is 25.3 Å². The van der Waals surface area contributed by atoms with Crippen LogP contribution < -0.4 is 11.1 Å². The number of nitrogens with one attached hydrogen (secondary N) is 1. The van der Waals surface area contributed by atoms with E-state index in [0.717, 1.165) is 12.8 Å². The fourth-order valence-electron chi connectivity index (χ4n) is 1.65. The molecule has 0 aliphatic rings. The van der Waals surface area contributed by atoms with Crippen molar-refractivity contribution in [2.45, 2.75) is 32.2 Å². The van der Waals surface area contributed by atoms with Crippen LogP contribution >= 0.6 is 0 Å². The molecule has 4 heteroatoms. The van der Waals surface area contributed by atoms with Crippen molar-refractivity contribution in [1.82, 2.24) is 5.32 Å². The van der Waals surface area contributed by atoms with Crippen LogP contribution in [-0.4, -0.2) is 18.5 Å². The average Bonchev–Trinajstić information content (AvgIpc) is 2.26. The van der Waals surface area contributed by atoms with Gasteiger partial charge in [0.1, 0.15) is 5.82 Å². The Balaban J connectivity index is 2.39. The van der Waals surface area contributed by atoms with E-state index < -0.39 is 0 Å². The van der Waals surface area contributed by atoms with E-state index in [1.807, 2.05) is 6.92 Å². The standard InChI is InChI=1S/C13H19FN2O/c1-10(4-3-7-15)16-13(17)9-11-5-2-6-12(14)8-11/h2,5-6,8,10H,3-4,7,9,15H2,1H3,(H,16,17). The molecular formula is C13H19FN2O. The molecule has 3 N–H and O–H groups in total. The number of carbonyl (C=O) groups is 1. The summed E-state index contributed by atoms with van der Waals surface area (Å²) in [4.78, 5) is 11.6. The molecule has 1 atom stereocenters. The van der Waals surface area contributed by atoms with Gasteiger partial charge in [0, 0.05) is 6.04 Å². The van der Waals surface area contributed by atoms with Gasteiger partial charge in [-0.05, 0) is 44.0 Å². The first kappa shape index (κ1) is 13.6. The second-order valence-electron chi connectivity index (χ2n) is 4.21. The van der Waals surface area contributed by atoms with Gasteiger partial charge in [0.25, 0.3) is 0 Å². The van der Waals surface area contributed by atoms with Crippen molar-refractivity contribution >= 4 is 5.91 Å². The Morgan fingerprint density at radius 2 is 2.29 bits per heavy atom. The second kappa shape index (κ2) is 7.01. The number of nitrogens with two attached hydrogens (primary N) is 1. The normalized spacial score (nSPS) is 12.2. The molecule has 0 aliphatic carbocycles. The highest BCUT2D eigenvalue weighted by atomic mass is 19.1. The maximum Gasteiger partial charge on any atom is 0.224 e. The molecule has 1 unspecified atom stereocenters. The number of halogens is 1. The molecule has 0 radical (unpaired) electrons. The van der Waals surface area contributed by atoms with Crippen molar-refractivity contribution < 1.29 is 9.18 Å². The first-order chi connectivity index (χ1) is 8.11. The van der Waals surface area contributed by atoms with E-state index in [4.69, 9.17) is 5.73 Å². The molecule has 94 valence electrons. The second-order valence-corrected chi connectivity index (χ2v) is 4.21. The minimum Gasteiger partial charge on any atom is -0.353 e. The minimum atomic E-state index is -0.313. The number of hydrogen-bond donors (Lipinski definition) is 2. The third-order valence-corrected chi connectivity index (χ3v) is 2.50. The van der Waals surface area contributed by atoms with Gasteiger partial charge in [-0.2, -0.15) is 0 Å². The quantitative estimate of drug-likeness (QED) is 0.791. The number of benzene rings is 1. The van der Waals surface area contributed by atoms with Crippen molar-refractivity contribution in [1.29, 1.82) is 0 Å². The maximum atomic E-state index is 12.9. The molecule has 1 amide bonds. The summed E-state index contributed by atoms with van der Waals surface area (Å²) in [5, 5.41) is 2.87. The maximum absolute atomic E-state index is 12.9. The van der Waals surface area contributed by atoms with E-state index in [9.17, 15) is 9.18 Å². The lowest BCUT2D eigenvalue weighted by Crippen LogP contribution is -2.34. The Labute approximate surface area is 101 Å². The first-order valence-electron chi connectivity index (χ1n) is 5.85. The van der Waals surface area contributed by atoms with Crippen LogP contribution in [0.15, 0.2) is 24.3 Å². The highest BCUT2D eigenvalue weighted by molar-refractivity contribution is 5.78. The van der Waals surface area contributed by atoms with Gasteiger partial charge in [-0.3, -0.25) is 4.79 Å². The smallest absolute Gasteiger partial charge is 0.224 e. The third kappa shape index (κ3) is 5.45. The summed E-state index contributed by atoms with van der Waals surface area (Å²) < 4.78 is 12.9. The number of hydrogen-bond acceptors (Lipinski definition) is 2. The number of amides is 1. The Morgan fingerprint density at radius 1 is 1.53 bits per heavy atom. The van der Waals surface area contributed by atoms with Gasteiger partial charge in [-0.25, -0.2) is 4.39 Å². The summed E-state index contributed by atoms with van der Waals surface area (Å²) in [5.74, 6) is -0.397. The predicted octanol–water partition coefficient (Wildman–Crippen LogP) is 1.61. The Kier molecular flexibility index (Phi) is 5.63. The van der Waals surface area contributed by atoms with E-state index in [-0.39, 0.29) is 24.2 Å². The molecule has 1 aromatic rings. The Hall–Kier alpha value is -1.42. The lowest BCUT2D eigenvalue weighted by molar-refractivity contribution is -0.121. The average molecular weight is 238 g/mol. The van der Waals surface area contributed by atoms with Crippen LogP contribution in [0.2, 0.25) is 0 Å². The minimum absolute atomic E-state index is 0.0832. The van der Waals surface area contributed by atoms with Gasteiger partial charge in [-0.15, -0.1) is 0 Å². The van der Waals surface area contributed by atoms with Crippen LogP contribution in [-0.2, 0) is 11.2 Å². The molecule has 0 aromatic heterocycles. The van der Waals surface area contributed by atoms with Crippen LogP contribution in [0.4, 0.5) is 4.39 Å². The molecule has 0 spiro atoms. The molecule has 3 nitrogen and oxygen atoms in total. The fraction of sp³-hybridized carbons (Fsp3) is 0.462. The molecule has 17 heavy (non-hydrogen) atoms. The fourth-order valence-corrected chi connectivity index (χ4v) is 1.65.